The van der Waals surface area contributed by atoms with E-state index in [1.54, 1.807) is 24.3 Å². The second-order valence-electron chi connectivity index (χ2n) is 5.13. The predicted molar refractivity (Wildman–Crippen MR) is 95.9 cm³/mol. The van der Waals surface area contributed by atoms with Crippen molar-refractivity contribution in [1.82, 2.24) is 8.75 Å². The molecule has 0 spiro atoms. The van der Waals surface area contributed by atoms with Crippen LogP contribution >= 0.6 is 11.7 Å². The number of carbonyl (C=O) groups excluding carboxylic acids is 2. The van der Waals surface area contributed by atoms with Crippen LogP contribution in [0.25, 0.3) is 11.0 Å². The molecular formula is C17H15N3O5S. The molecule has 8 nitrogen and oxygen atoms in total. The van der Waals surface area contributed by atoms with Crippen LogP contribution in [0.3, 0.4) is 0 Å². The lowest BCUT2D eigenvalue weighted by Gasteiger charge is -2.10. The van der Waals surface area contributed by atoms with Gasteiger partial charge in [-0.3, -0.25) is 4.79 Å². The Morgan fingerprint density at radius 1 is 1.08 bits per heavy atom. The smallest absolute Gasteiger partial charge is 0.338 e. The van der Waals surface area contributed by atoms with Crippen LogP contribution in [0.5, 0.6) is 11.5 Å². The summed E-state index contributed by atoms with van der Waals surface area (Å²) in [5, 5.41) is 2.66. The fraction of sp³-hybridized carbons (Fsp3) is 0.176. The number of carbonyl (C=O) groups is 2. The molecule has 0 aliphatic rings. The number of amides is 1. The summed E-state index contributed by atoms with van der Waals surface area (Å²) >= 11 is 1.06. The van der Waals surface area contributed by atoms with E-state index in [0.29, 0.717) is 28.2 Å². The highest BCUT2D eigenvalue weighted by molar-refractivity contribution is 7.00. The SMILES string of the molecule is COc1ccc(C(=O)OCC(=O)Nc2cccc3nsnc23)cc1OC. The van der Waals surface area contributed by atoms with Crippen LogP contribution in [-0.2, 0) is 9.53 Å². The molecule has 3 rings (SSSR count). The second-order valence-corrected chi connectivity index (χ2v) is 5.66. The molecule has 0 aliphatic heterocycles. The Morgan fingerprint density at radius 2 is 1.88 bits per heavy atom. The third kappa shape index (κ3) is 3.72. The minimum atomic E-state index is -0.644. The average molecular weight is 373 g/mol. The van der Waals surface area contributed by atoms with Crippen LogP contribution in [-0.4, -0.2) is 41.5 Å². The Balaban J connectivity index is 1.62. The van der Waals surface area contributed by atoms with Gasteiger partial charge >= 0.3 is 5.97 Å². The topological polar surface area (TPSA) is 99.6 Å². The number of nitrogens with zero attached hydrogens (tertiary/aromatic N) is 2. The van der Waals surface area contributed by atoms with E-state index in [9.17, 15) is 9.59 Å². The van der Waals surface area contributed by atoms with Gasteiger partial charge in [0.2, 0.25) is 0 Å². The Labute approximate surface area is 153 Å². The normalized spacial score (nSPS) is 10.4. The fourth-order valence-electron chi connectivity index (χ4n) is 2.27. The number of esters is 1. The van der Waals surface area contributed by atoms with Gasteiger partial charge in [0.15, 0.2) is 18.1 Å². The highest BCUT2D eigenvalue weighted by Gasteiger charge is 2.14. The van der Waals surface area contributed by atoms with Crippen molar-refractivity contribution in [1.29, 1.82) is 0 Å². The Bertz CT molecular complexity index is 956. The summed E-state index contributed by atoms with van der Waals surface area (Å²) in [4.78, 5) is 24.2. The standard InChI is InChI=1S/C17H15N3O5S/c1-23-13-7-6-10(8-14(13)24-2)17(22)25-9-15(21)18-11-4-3-5-12-16(11)20-26-19-12/h3-8H,9H2,1-2H3,(H,18,21). The molecule has 0 fully saturated rings. The summed E-state index contributed by atoms with van der Waals surface area (Å²) in [6.45, 7) is -0.429. The molecule has 134 valence electrons. The largest absolute Gasteiger partial charge is 0.493 e. The van der Waals surface area contributed by atoms with Crippen molar-refractivity contribution in [3.63, 3.8) is 0 Å². The molecule has 1 aromatic heterocycles. The van der Waals surface area contributed by atoms with E-state index in [1.165, 1.54) is 26.4 Å². The maximum atomic E-state index is 12.1. The lowest BCUT2D eigenvalue weighted by Crippen LogP contribution is -2.21. The first-order chi connectivity index (χ1) is 12.6. The maximum Gasteiger partial charge on any atom is 0.338 e. The summed E-state index contributed by atoms with van der Waals surface area (Å²) in [7, 11) is 2.97. The monoisotopic (exact) mass is 373 g/mol. The molecule has 26 heavy (non-hydrogen) atoms. The molecule has 0 aliphatic carbocycles. The second kappa shape index (κ2) is 7.79. The number of fused-ring (bicyclic) bond motifs is 1. The van der Waals surface area contributed by atoms with Crippen LogP contribution in [0, 0.1) is 0 Å². The van der Waals surface area contributed by atoms with E-state index >= 15 is 0 Å². The average Bonchev–Trinajstić information content (AvgIpc) is 3.15. The molecule has 0 bridgehead atoms. The first-order valence-electron chi connectivity index (χ1n) is 7.52. The van der Waals surface area contributed by atoms with E-state index in [-0.39, 0.29) is 5.56 Å². The number of ether oxygens (including phenoxy) is 3. The van der Waals surface area contributed by atoms with Gasteiger partial charge in [0.25, 0.3) is 5.91 Å². The van der Waals surface area contributed by atoms with Gasteiger partial charge in [0.1, 0.15) is 11.0 Å². The third-order valence-electron chi connectivity index (χ3n) is 3.51. The molecule has 1 amide bonds. The van der Waals surface area contributed by atoms with Gasteiger partial charge in [0.05, 0.1) is 37.2 Å². The minimum absolute atomic E-state index is 0.251. The Hall–Kier alpha value is -3.20. The van der Waals surface area contributed by atoms with Gasteiger partial charge in [-0.25, -0.2) is 4.79 Å². The highest BCUT2D eigenvalue weighted by Crippen LogP contribution is 2.27. The van der Waals surface area contributed by atoms with E-state index < -0.39 is 18.5 Å². The van der Waals surface area contributed by atoms with Gasteiger partial charge in [-0.1, -0.05) is 6.07 Å². The van der Waals surface area contributed by atoms with E-state index in [4.69, 9.17) is 14.2 Å². The zero-order valence-corrected chi connectivity index (χ0v) is 14.8. The number of aromatic nitrogens is 2. The van der Waals surface area contributed by atoms with Crippen molar-refractivity contribution in [2.45, 2.75) is 0 Å². The number of rotatable bonds is 6. The summed E-state index contributed by atoms with van der Waals surface area (Å²) in [5.41, 5.74) is 2.05. The molecule has 1 heterocycles. The van der Waals surface area contributed by atoms with Gasteiger partial charge in [-0.05, 0) is 30.3 Å². The Morgan fingerprint density at radius 3 is 2.65 bits per heavy atom. The van der Waals surface area contributed by atoms with Crippen LogP contribution in [0.2, 0.25) is 0 Å². The van der Waals surface area contributed by atoms with Crippen LogP contribution in [0.4, 0.5) is 5.69 Å². The van der Waals surface area contributed by atoms with E-state index in [1.807, 2.05) is 0 Å². The summed E-state index contributed by atoms with van der Waals surface area (Å²) in [6, 6.07) is 9.87. The first-order valence-corrected chi connectivity index (χ1v) is 8.25. The van der Waals surface area contributed by atoms with Gasteiger partial charge < -0.3 is 19.5 Å². The van der Waals surface area contributed by atoms with Crippen molar-refractivity contribution in [3.05, 3.63) is 42.0 Å². The molecule has 0 saturated carbocycles. The number of hydrogen-bond acceptors (Lipinski definition) is 8. The molecule has 1 N–H and O–H groups in total. The fourth-order valence-corrected chi connectivity index (χ4v) is 2.82. The van der Waals surface area contributed by atoms with Crippen molar-refractivity contribution < 1.29 is 23.8 Å². The molecule has 0 radical (unpaired) electrons. The lowest BCUT2D eigenvalue weighted by molar-refractivity contribution is -0.119. The number of benzene rings is 2. The minimum Gasteiger partial charge on any atom is -0.493 e. The maximum absolute atomic E-state index is 12.1. The summed E-state index contributed by atoms with van der Waals surface area (Å²) in [6.07, 6.45) is 0. The molecular weight excluding hydrogens is 358 g/mol. The summed E-state index contributed by atoms with van der Waals surface area (Å²) < 4.78 is 23.5. The summed E-state index contributed by atoms with van der Waals surface area (Å²) in [5.74, 6) is -0.227. The van der Waals surface area contributed by atoms with Gasteiger partial charge in [0, 0.05) is 0 Å². The molecule has 2 aromatic carbocycles. The van der Waals surface area contributed by atoms with E-state index in [2.05, 4.69) is 14.1 Å². The number of methoxy groups -OCH3 is 2. The molecule has 0 atom stereocenters. The van der Waals surface area contributed by atoms with Crippen molar-refractivity contribution in [3.8, 4) is 11.5 Å². The van der Waals surface area contributed by atoms with Crippen molar-refractivity contribution in [2.24, 2.45) is 0 Å². The molecule has 0 unspecified atom stereocenters. The number of hydrogen-bond donors (Lipinski definition) is 1. The van der Waals surface area contributed by atoms with Crippen molar-refractivity contribution >= 4 is 40.3 Å². The van der Waals surface area contributed by atoms with Crippen LogP contribution in [0.15, 0.2) is 36.4 Å². The third-order valence-corrected chi connectivity index (χ3v) is 4.06. The zero-order chi connectivity index (χ0) is 18.5. The number of nitrogens with one attached hydrogen (secondary N) is 1. The number of anilines is 1. The molecule has 0 saturated heterocycles. The first kappa shape index (κ1) is 17.6. The molecule has 9 heteroatoms. The van der Waals surface area contributed by atoms with Gasteiger partial charge in [-0.2, -0.15) is 8.75 Å². The lowest BCUT2D eigenvalue weighted by atomic mass is 10.2. The zero-order valence-electron chi connectivity index (χ0n) is 14.0. The quantitative estimate of drug-likeness (QED) is 0.663. The van der Waals surface area contributed by atoms with Gasteiger partial charge in [-0.15, -0.1) is 0 Å². The Kier molecular flexibility index (Phi) is 5.28. The van der Waals surface area contributed by atoms with Crippen LogP contribution in [0.1, 0.15) is 10.4 Å². The van der Waals surface area contributed by atoms with E-state index in [0.717, 1.165) is 11.7 Å². The van der Waals surface area contributed by atoms with Crippen LogP contribution < -0.4 is 14.8 Å². The predicted octanol–water partition coefficient (Wildman–Crippen LogP) is 2.50. The highest BCUT2D eigenvalue weighted by atomic mass is 32.1. The van der Waals surface area contributed by atoms with Crippen molar-refractivity contribution in [2.75, 3.05) is 26.1 Å². The molecule has 3 aromatic rings.